The summed E-state index contributed by atoms with van der Waals surface area (Å²) in [6, 6.07) is 3.55. The van der Waals surface area contributed by atoms with Gasteiger partial charge in [0.25, 0.3) is 0 Å². The molecule has 110 valence electrons. The normalized spacial score (nSPS) is 10.8. The highest BCUT2D eigenvalue weighted by atomic mass is 35.5. The summed E-state index contributed by atoms with van der Waals surface area (Å²) in [7, 11) is 3.19. The molecule has 0 bridgehead atoms. The first-order valence-electron chi connectivity index (χ1n) is 6.27. The quantitative estimate of drug-likeness (QED) is 0.778. The molecule has 1 N–H and O–H groups in total. The van der Waals surface area contributed by atoms with Crippen LogP contribution in [0.15, 0.2) is 29.9 Å². The fourth-order valence-corrected chi connectivity index (χ4v) is 3.00. The molecule has 2 aromatic heterocycles. The van der Waals surface area contributed by atoms with E-state index >= 15 is 0 Å². The molecule has 3 aromatic rings. The molecule has 0 aliphatic heterocycles. The van der Waals surface area contributed by atoms with E-state index in [1.54, 1.807) is 31.6 Å². The average Bonchev–Trinajstić information content (AvgIpc) is 3.06. The molecule has 21 heavy (non-hydrogen) atoms. The number of halogens is 1. The van der Waals surface area contributed by atoms with Crippen molar-refractivity contribution in [3.8, 4) is 11.5 Å². The van der Waals surface area contributed by atoms with Gasteiger partial charge in [0.05, 0.1) is 37.2 Å². The van der Waals surface area contributed by atoms with E-state index in [9.17, 15) is 0 Å². The van der Waals surface area contributed by atoms with E-state index in [2.05, 4.69) is 10.3 Å². The maximum Gasteiger partial charge on any atom is 0.193 e. The molecule has 0 amide bonds. The Morgan fingerprint density at radius 2 is 2.10 bits per heavy atom. The molecule has 0 saturated heterocycles. The van der Waals surface area contributed by atoms with E-state index in [4.69, 9.17) is 21.1 Å². The monoisotopic (exact) mass is 323 g/mol. The van der Waals surface area contributed by atoms with Crippen LogP contribution in [0.25, 0.3) is 4.96 Å². The second-order valence-electron chi connectivity index (χ2n) is 4.37. The largest absolute Gasteiger partial charge is 0.495 e. The van der Waals surface area contributed by atoms with E-state index in [1.165, 1.54) is 0 Å². The van der Waals surface area contributed by atoms with Crippen LogP contribution in [0.5, 0.6) is 11.5 Å². The van der Waals surface area contributed by atoms with Gasteiger partial charge in [-0.1, -0.05) is 11.6 Å². The lowest BCUT2D eigenvalue weighted by Gasteiger charge is -2.13. The summed E-state index contributed by atoms with van der Waals surface area (Å²) in [5, 5.41) is 5.82. The van der Waals surface area contributed by atoms with Crippen molar-refractivity contribution in [2.45, 2.75) is 6.54 Å². The highest BCUT2D eigenvalue weighted by Gasteiger charge is 2.10. The van der Waals surface area contributed by atoms with Crippen LogP contribution in [0.3, 0.4) is 0 Å². The number of nitrogens with one attached hydrogen (secondary N) is 1. The van der Waals surface area contributed by atoms with E-state index < -0.39 is 0 Å². The number of rotatable bonds is 5. The van der Waals surface area contributed by atoms with E-state index in [1.807, 2.05) is 28.2 Å². The SMILES string of the molecule is COc1cc(NCc2cn3ccsc3n2)c(OC)cc1Cl. The summed E-state index contributed by atoms with van der Waals surface area (Å²) >= 11 is 7.70. The van der Waals surface area contributed by atoms with Crippen molar-refractivity contribution >= 4 is 33.6 Å². The van der Waals surface area contributed by atoms with Gasteiger partial charge < -0.3 is 14.8 Å². The van der Waals surface area contributed by atoms with Gasteiger partial charge >= 0.3 is 0 Å². The zero-order chi connectivity index (χ0) is 14.8. The Kier molecular flexibility index (Phi) is 3.90. The van der Waals surface area contributed by atoms with Crippen molar-refractivity contribution < 1.29 is 9.47 Å². The van der Waals surface area contributed by atoms with Gasteiger partial charge in [-0.15, -0.1) is 11.3 Å². The summed E-state index contributed by atoms with van der Waals surface area (Å²) in [5.41, 5.74) is 1.77. The highest BCUT2D eigenvalue weighted by Crippen LogP contribution is 2.36. The lowest BCUT2D eigenvalue weighted by atomic mass is 10.2. The molecule has 0 radical (unpaired) electrons. The average molecular weight is 324 g/mol. The molecule has 2 heterocycles. The van der Waals surface area contributed by atoms with Gasteiger partial charge in [0.15, 0.2) is 4.96 Å². The minimum absolute atomic E-state index is 0.516. The van der Waals surface area contributed by atoms with E-state index in [0.717, 1.165) is 16.3 Å². The first-order chi connectivity index (χ1) is 10.2. The first kappa shape index (κ1) is 14.0. The Morgan fingerprint density at radius 3 is 2.81 bits per heavy atom. The van der Waals surface area contributed by atoms with Crippen LogP contribution in [-0.2, 0) is 6.54 Å². The molecule has 0 saturated carbocycles. The standard InChI is InChI=1S/C14H14ClN3O2S/c1-19-12-6-11(13(20-2)5-10(12)15)16-7-9-8-18-3-4-21-14(18)17-9/h3-6,8,16H,7H2,1-2H3. The van der Waals surface area contributed by atoms with Crippen molar-refractivity contribution in [2.24, 2.45) is 0 Å². The van der Waals surface area contributed by atoms with E-state index in [0.29, 0.717) is 23.1 Å². The van der Waals surface area contributed by atoms with E-state index in [-0.39, 0.29) is 0 Å². The third-order valence-electron chi connectivity index (χ3n) is 3.08. The van der Waals surface area contributed by atoms with Crippen LogP contribution < -0.4 is 14.8 Å². The zero-order valence-electron chi connectivity index (χ0n) is 11.6. The zero-order valence-corrected chi connectivity index (χ0v) is 13.2. The summed E-state index contributed by atoms with van der Waals surface area (Å²) in [6.07, 6.45) is 3.99. The summed E-state index contributed by atoms with van der Waals surface area (Å²) in [6.45, 7) is 0.593. The van der Waals surface area contributed by atoms with Gasteiger partial charge in [0.1, 0.15) is 11.5 Å². The molecule has 0 fully saturated rings. The summed E-state index contributed by atoms with van der Waals surface area (Å²) in [5.74, 6) is 1.27. The van der Waals surface area contributed by atoms with Crippen LogP contribution in [-0.4, -0.2) is 23.6 Å². The molecule has 5 nitrogen and oxygen atoms in total. The third kappa shape index (κ3) is 2.77. The minimum Gasteiger partial charge on any atom is -0.495 e. The van der Waals surface area contributed by atoms with Gasteiger partial charge in [-0.2, -0.15) is 0 Å². The predicted molar refractivity (Wildman–Crippen MR) is 85.0 cm³/mol. The van der Waals surface area contributed by atoms with Crippen LogP contribution in [0.1, 0.15) is 5.69 Å². The molecule has 7 heteroatoms. The highest BCUT2D eigenvalue weighted by molar-refractivity contribution is 7.15. The number of fused-ring (bicyclic) bond motifs is 1. The maximum absolute atomic E-state index is 6.09. The van der Waals surface area contributed by atoms with Crippen molar-refractivity contribution in [3.05, 3.63) is 40.6 Å². The van der Waals surface area contributed by atoms with Gasteiger partial charge in [-0.05, 0) is 0 Å². The smallest absolute Gasteiger partial charge is 0.193 e. The summed E-state index contributed by atoms with van der Waals surface area (Å²) in [4.78, 5) is 5.50. The lowest BCUT2D eigenvalue weighted by molar-refractivity contribution is 0.404. The Hall–Kier alpha value is -1.92. The maximum atomic E-state index is 6.09. The second kappa shape index (κ2) is 5.83. The number of thiazole rings is 1. The number of imidazole rings is 1. The predicted octanol–water partition coefficient (Wildman–Crippen LogP) is 3.68. The van der Waals surface area contributed by atoms with Crippen molar-refractivity contribution in [1.29, 1.82) is 0 Å². The molecule has 0 aliphatic rings. The van der Waals surface area contributed by atoms with Crippen molar-refractivity contribution in [1.82, 2.24) is 9.38 Å². The van der Waals surface area contributed by atoms with Gasteiger partial charge in [-0.25, -0.2) is 4.98 Å². The molecule has 0 spiro atoms. The van der Waals surface area contributed by atoms with Crippen molar-refractivity contribution in [2.75, 3.05) is 19.5 Å². The van der Waals surface area contributed by atoms with Crippen LogP contribution >= 0.6 is 22.9 Å². The van der Waals surface area contributed by atoms with Crippen molar-refractivity contribution in [3.63, 3.8) is 0 Å². The topological polar surface area (TPSA) is 47.8 Å². The van der Waals surface area contributed by atoms with Gasteiger partial charge in [-0.3, -0.25) is 4.40 Å². The number of methoxy groups -OCH3 is 2. The third-order valence-corrected chi connectivity index (χ3v) is 4.14. The number of ether oxygens (including phenoxy) is 2. The minimum atomic E-state index is 0.516. The first-order valence-corrected chi connectivity index (χ1v) is 7.53. The lowest BCUT2D eigenvalue weighted by Crippen LogP contribution is -2.02. The molecule has 1 aromatic carbocycles. The number of aromatic nitrogens is 2. The Morgan fingerprint density at radius 1 is 1.29 bits per heavy atom. The number of anilines is 1. The molecular formula is C14H14ClN3O2S. The fraction of sp³-hybridized carbons (Fsp3) is 0.214. The van der Waals surface area contributed by atoms with Gasteiger partial charge in [0.2, 0.25) is 0 Å². The summed E-state index contributed by atoms with van der Waals surface area (Å²) < 4.78 is 12.6. The Balaban J connectivity index is 1.81. The number of benzene rings is 1. The molecule has 3 rings (SSSR count). The number of hydrogen-bond donors (Lipinski definition) is 1. The Bertz CT molecular complexity index is 740. The molecular weight excluding hydrogens is 310 g/mol. The fourth-order valence-electron chi connectivity index (χ4n) is 2.05. The number of hydrogen-bond acceptors (Lipinski definition) is 5. The molecule has 0 atom stereocenters. The number of nitrogens with zero attached hydrogens (tertiary/aromatic N) is 2. The molecule has 0 unspecified atom stereocenters. The van der Waals surface area contributed by atoms with Crippen LogP contribution in [0.4, 0.5) is 5.69 Å². The second-order valence-corrected chi connectivity index (χ2v) is 5.65. The van der Waals surface area contributed by atoms with Crippen LogP contribution in [0, 0.1) is 0 Å². The van der Waals surface area contributed by atoms with Gasteiger partial charge in [0, 0.05) is 29.9 Å². The Labute approximate surface area is 131 Å². The van der Waals surface area contributed by atoms with Crippen LogP contribution in [0.2, 0.25) is 5.02 Å². The molecule has 0 aliphatic carbocycles.